The third-order valence-electron chi connectivity index (χ3n) is 1.11. The van der Waals surface area contributed by atoms with E-state index in [4.69, 9.17) is 0 Å². The number of rotatable bonds is 0. The van der Waals surface area contributed by atoms with Crippen molar-refractivity contribution in [3.63, 3.8) is 0 Å². The zero-order chi connectivity index (χ0) is 7.07. The van der Waals surface area contributed by atoms with Gasteiger partial charge in [0.25, 0.3) is 0 Å². The molecule has 0 aliphatic heterocycles. The van der Waals surface area contributed by atoms with Gasteiger partial charge in [-0.3, -0.25) is 0 Å². The molecule has 0 aliphatic rings. The number of halogens is 1. The first-order chi connectivity index (χ1) is 5.00. The molecule has 0 radical (unpaired) electrons. The van der Waals surface area contributed by atoms with Gasteiger partial charge < -0.3 is 42.7 Å². The molecule has 0 saturated heterocycles. The smallest absolute Gasteiger partial charge is 1.00 e. The molecule has 0 saturated carbocycles. The molecular weight excluding hydrogens is 218 g/mol. The normalized spacial score (nSPS) is 6.15. The second kappa shape index (κ2) is 14.6. The van der Waals surface area contributed by atoms with Crippen LogP contribution in [0.4, 0.5) is 0 Å². The van der Waals surface area contributed by atoms with Crippen molar-refractivity contribution in [3.8, 4) is 0 Å². The van der Waals surface area contributed by atoms with E-state index in [1.807, 2.05) is 60.7 Å². The van der Waals surface area contributed by atoms with Crippen LogP contribution in [0.25, 0.3) is 0 Å². The number of hydrogen-bond donors (Lipinski definition) is 0. The third-order valence-corrected chi connectivity index (χ3v) is 1.11. The molecule has 0 unspecified atom stereocenters. The maximum atomic E-state index is 2.00. The van der Waals surface area contributed by atoms with E-state index in [0.29, 0.717) is 0 Å². The summed E-state index contributed by atoms with van der Waals surface area (Å²) in [7, 11) is 0. The minimum atomic E-state index is 0. The van der Waals surface area contributed by atoms with Crippen LogP contribution in [-0.4, -0.2) is 0 Å². The van der Waals surface area contributed by atoms with E-state index < -0.39 is 0 Å². The zero-order valence-corrected chi connectivity index (χ0v) is 9.37. The Morgan fingerprint density at radius 2 is 1.00 bits per heavy atom. The summed E-state index contributed by atoms with van der Waals surface area (Å²) >= 11 is 0. The van der Waals surface area contributed by atoms with Gasteiger partial charge in [0.15, 0.2) is 0 Å². The molecule has 0 aromatic heterocycles. The van der Waals surface area contributed by atoms with Crippen molar-refractivity contribution in [2.45, 2.75) is 0 Å². The van der Waals surface area contributed by atoms with Crippen LogP contribution in [0.1, 0.15) is 0 Å². The van der Waals surface area contributed by atoms with Crippen LogP contribution in [0, 0.1) is 0 Å². The van der Waals surface area contributed by atoms with Crippen LogP contribution >= 0.6 is 0 Å². The quantitative estimate of drug-likeness (QED) is 0.329. The predicted molar refractivity (Wildman–Crippen MR) is 44.1 cm³/mol. The molecule has 72 valence electrons. The Balaban J connectivity index is -0.000000125. The van der Waals surface area contributed by atoms with Crippen LogP contribution in [0.5, 0.6) is 0 Å². The van der Waals surface area contributed by atoms with Crippen LogP contribution in [0.2, 0.25) is 0 Å². The SMILES string of the molecule is [Cl-].[Fe].[Li+].[cH-]1[cH-][cH-][cH-][cH-]1.c1cc[cH-]c1. The average molecular weight is 228 g/mol. The molecule has 2 aromatic rings. The molecule has 13 heavy (non-hydrogen) atoms. The molecule has 2 rings (SSSR count). The summed E-state index contributed by atoms with van der Waals surface area (Å²) < 4.78 is 0. The van der Waals surface area contributed by atoms with E-state index >= 15 is 0 Å². The van der Waals surface area contributed by atoms with E-state index in [0.717, 1.165) is 0 Å². The van der Waals surface area contributed by atoms with Gasteiger partial charge in [-0.25, -0.2) is 12.1 Å². The Labute approximate surface area is 109 Å². The van der Waals surface area contributed by atoms with Gasteiger partial charge in [-0.2, -0.15) is 18.2 Å². The topological polar surface area (TPSA) is 0 Å². The van der Waals surface area contributed by atoms with E-state index in [9.17, 15) is 0 Å². The van der Waals surface area contributed by atoms with Crippen molar-refractivity contribution < 1.29 is 48.3 Å². The first kappa shape index (κ1) is 18.8. The van der Waals surface area contributed by atoms with Gasteiger partial charge in [-0.1, -0.05) is 0 Å². The molecule has 0 aliphatic carbocycles. The largest absolute Gasteiger partial charge is 1.00 e. The maximum absolute atomic E-state index is 2.00. The third kappa shape index (κ3) is 12.1. The summed E-state index contributed by atoms with van der Waals surface area (Å²) in [5.74, 6) is 0. The molecule has 0 spiro atoms. The summed E-state index contributed by atoms with van der Waals surface area (Å²) in [5.41, 5.74) is 0. The summed E-state index contributed by atoms with van der Waals surface area (Å²) in [6, 6.07) is 20.0. The summed E-state index contributed by atoms with van der Waals surface area (Å²) in [5, 5.41) is 0. The molecule has 0 amide bonds. The van der Waals surface area contributed by atoms with Crippen molar-refractivity contribution >= 4 is 0 Å². The van der Waals surface area contributed by atoms with Crippen molar-refractivity contribution in [2.24, 2.45) is 0 Å². The minimum absolute atomic E-state index is 0. The molecule has 3 heteroatoms. The Hall–Kier alpha value is 0.107. The van der Waals surface area contributed by atoms with Crippen LogP contribution in [-0.2, 0) is 17.1 Å². The van der Waals surface area contributed by atoms with Gasteiger partial charge in [0.1, 0.15) is 0 Å². The van der Waals surface area contributed by atoms with E-state index in [1.54, 1.807) is 0 Å². The van der Waals surface area contributed by atoms with Crippen molar-refractivity contribution in [1.29, 1.82) is 0 Å². The van der Waals surface area contributed by atoms with Gasteiger partial charge in [0, 0.05) is 17.1 Å². The van der Waals surface area contributed by atoms with Crippen molar-refractivity contribution in [2.75, 3.05) is 0 Å². The standard InChI is InChI=1S/2C5H5.ClH.Fe.Li/c2*1-2-4-5-3-1;;;/h2*1-5H;1H;;/q-5;-1;;;+1/p-1. The second-order valence-corrected chi connectivity index (χ2v) is 1.92. The Morgan fingerprint density at radius 3 is 1.15 bits per heavy atom. The Morgan fingerprint density at radius 1 is 0.692 bits per heavy atom. The van der Waals surface area contributed by atoms with E-state index in [2.05, 4.69) is 0 Å². The first-order valence-electron chi connectivity index (χ1n) is 3.33. The molecule has 0 fully saturated rings. The zero-order valence-electron chi connectivity index (χ0n) is 7.51. The van der Waals surface area contributed by atoms with Crippen LogP contribution < -0.4 is 31.3 Å². The molecule has 0 nitrogen and oxygen atoms in total. The fraction of sp³-hybridized carbons (Fsp3) is 0. The minimum Gasteiger partial charge on any atom is -1.00 e. The van der Waals surface area contributed by atoms with Gasteiger partial charge in [0.2, 0.25) is 0 Å². The van der Waals surface area contributed by atoms with E-state index in [-0.39, 0.29) is 48.3 Å². The molecule has 0 atom stereocenters. The molecule has 0 heterocycles. The van der Waals surface area contributed by atoms with Gasteiger partial charge in [0.05, 0.1) is 0 Å². The Kier molecular flexibility index (Phi) is 21.2. The predicted octanol–water partition coefficient (Wildman–Crippen LogP) is -3.18. The first-order valence-corrected chi connectivity index (χ1v) is 3.33. The summed E-state index contributed by atoms with van der Waals surface area (Å²) in [4.78, 5) is 0. The second-order valence-electron chi connectivity index (χ2n) is 1.92. The van der Waals surface area contributed by atoms with Crippen molar-refractivity contribution in [1.82, 2.24) is 0 Å². The monoisotopic (exact) mass is 228 g/mol. The summed E-state index contributed by atoms with van der Waals surface area (Å²) in [6.07, 6.45) is 0. The molecule has 0 bridgehead atoms. The molecular formula is C10H10ClFeLi-6. The van der Waals surface area contributed by atoms with Crippen LogP contribution in [0.15, 0.2) is 60.7 Å². The van der Waals surface area contributed by atoms with Gasteiger partial charge in [-0.15, -0.1) is 0 Å². The number of hydrogen-bond acceptors (Lipinski definition) is 0. The van der Waals surface area contributed by atoms with Gasteiger partial charge in [-0.05, 0) is 0 Å². The fourth-order valence-electron chi connectivity index (χ4n) is 0.642. The van der Waals surface area contributed by atoms with E-state index in [1.165, 1.54) is 0 Å². The maximum Gasteiger partial charge on any atom is 1.00 e. The molecule has 2 aromatic carbocycles. The van der Waals surface area contributed by atoms with Crippen molar-refractivity contribution in [3.05, 3.63) is 60.7 Å². The average Bonchev–Trinajstić information content (AvgIpc) is 2.67. The van der Waals surface area contributed by atoms with Gasteiger partial charge >= 0.3 is 18.9 Å². The fourth-order valence-corrected chi connectivity index (χ4v) is 0.642. The molecule has 0 N–H and O–H groups in total. The summed E-state index contributed by atoms with van der Waals surface area (Å²) in [6.45, 7) is 0. The van der Waals surface area contributed by atoms with Crippen LogP contribution in [0.3, 0.4) is 0 Å². The Bertz CT molecular complexity index is 154.